The summed E-state index contributed by atoms with van der Waals surface area (Å²) < 4.78 is 9.89. The number of esters is 1. The number of carbonyl (C=O) groups is 1. The molecule has 0 spiro atoms. The second-order valence-corrected chi connectivity index (χ2v) is 4.27. The molecule has 0 radical (unpaired) electrons. The van der Waals surface area contributed by atoms with Crippen LogP contribution < -0.4 is 0 Å². The van der Waals surface area contributed by atoms with Gasteiger partial charge in [-0.3, -0.25) is 4.79 Å². The normalized spacial score (nSPS) is 25.3. The first-order valence-corrected chi connectivity index (χ1v) is 5.00. The van der Waals surface area contributed by atoms with E-state index in [9.17, 15) is 4.79 Å². The molecule has 0 fully saturated rings. The van der Waals surface area contributed by atoms with Crippen molar-refractivity contribution in [3.8, 4) is 0 Å². The Labute approximate surface area is 90.8 Å². The zero-order valence-corrected chi connectivity index (χ0v) is 9.79. The topological polar surface area (TPSA) is 35.5 Å². The minimum Gasteiger partial charge on any atom is -0.497 e. The van der Waals surface area contributed by atoms with Gasteiger partial charge in [-0.25, -0.2) is 0 Å². The maximum atomic E-state index is 11.2. The van der Waals surface area contributed by atoms with Crippen molar-refractivity contribution >= 4 is 5.97 Å². The molecule has 0 amide bonds. The maximum Gasteiger partial charge on any atom is 0.306 e. The van der Waals surface area contributed by atoms with Crippen LogP contribution in [0.15, 0.2) is 23.5 Å². The molecule has 0 heterocycles. The lowest BCUT2D eigenvalue weighted by molar-refractivity contribution is -0.142. The molecule has 1 aliphatic rings. The third-order valence-corrected chi connectivity index (χ3v) is 2.72. The van der Waals surface area contributed by atoms with Crippen molar-refractivity contribution in [1.82, 2.24) is 0 Å². The van der Waals surface area contributed by atoms with Gasteiger partial charge in [0.05, 0.1) is 20.6 Å². The summed E-state index contributed by atoms with van der Waals surface area (Å²) in [5.74, 6) is 0.730. The Hall–Kier alpha value is -1.25. The van der Waals surface area contributed by atoms with E-state index in [0.717, 1.165) is 12.2 Å². The van der Waals surface area contributed by atoms with Gasteiger partial charge in [0.15, 0.2) is 0 Å². The van der Waals surface area contributed by atoms with Crippen LogP contribution in [0.2, 0.25) is 0 Å². The molecular weight excluding hydrogens is 192 g/mol. The highest BCUT2D eigenvalue weighted by Gasteiger charge is 2.29. The molecule has 3 nitrogen and oxygen atoms in total. The lowest BCUT2D eigenvalue weighted by Crippen LogP contribution is -2.22. The third-order valence-electron chi connectivity index (χ3n) is 2.72. The van der Waals surface area contributed by atoms with Crippen molar-refractivity contribution in [2.24, 2.45) is 5.41 Å². The average Bonchev–Trinajstić information content (AvgIpc) is 2.17. The highest BCUT2D eigenvalue weighted by atomic mass is 16.5. The molecule has 1 rings (SSSR count). The molecule has 1 unspecified atom stereocenters. The van der Waals surface area contributed by atoms with E-state index in [0.29, 0.717) is 6.42 Å². The van der Waals surface area contributed by atoms with Gasteiger partial charge in [0.25, 0.3) is 0 Å². The molecule has 0 N–H and O–H groups in total. The van der Waals surface area contributed by atoms with Crippen LogP contribution >= 0.6 is 0 Å². The van der Waals surface area contributed by atoms with Crippen molar-refractivity contribution in [1.29, 1.82) is 0 Å². The second kappa shape index (κ2) is 4.51. The Morgan fingerprint density at radius 3 is 2.67 bits per heavy atom. The Bertz CT molecular complexity index is 315. The number of allylic oxidation sites excluding steroid dienone is 3. The van der Waals surface area contributed by atoms with Crippen molar-refractivity contribution in [3.05, 3.63) is 23.5 Å². The summed E-state index contributed by atoms with van der Waals surface area (Å²) in [5, 5.41) is 0. The predicted octanol–water partition coefficient (Wildman–Crippen LogP) is 2.44. The van der Waals surface area contributed by atoms with Crippen molar-refractivity contribution in [2.75, 3.05) is 14.2 Å². The van der Waals surface area contributed by atoms with Gasteiger partial charge >= 0.3 is 5.97 Å². The Balaban J connectivity index is 2.74. The van der Waals surface area contributed by atoms with Crippen molar-refractivity contribution in [2.45, 2.75) is 26.7 Å². The summed E-state index contributed by atoms with van der Waals surface area (Å²) in [7, 11) is 3.08. The number of methoxy groups -OCH3 is 2. The zero-order chi connectivity index (χ0) is 11.5. The summed E-state index contributed by atoms with van der Waals surface area (Å²) in [6.07, 6.45) is 5.20. The lowest BCUT2D eigenvalue weighted by atomic mass is 9.77. The van der Waals surface area contributed by atoms with Crippen LogP contribution in [0, 0.1) is 5.41 Å². The standard InChI is InChI=1S/C12H18O3/c1-9-7-12(2,8-11(13)15-4)6-5-10(9)14-3/h5-6H,7-8H2,1-4H3. The Kier molecular flexibility index (Phi) is 3.56. The average molecular weight is 210 g/mol. The van der Waals surface area contributed by atoms with E-state index in [4.69, 9.17) is 4.74 Å². The number of hydrogen-bond donors (Lipinski definition) is 0. The summed E-state index contributed by atoms with van der Waals surface area (Å²) in [6, 6.07) is 0. The fourth-order valence-electron chi connectivity index (χ4n) is 1.94. The van der Waals surface area contributed by atoms with Gasteiger partial charge in [0, 0.05) is 5.41 Å². The van der Waals surface area contributed by atoms with E-state index >= 15 is 0 Å². The molecule has 0 aliphatic heterocycles. The van der Waals surface area contributed by atoms with Crippen LogP contribution in [0.3, 0.4) is 0 Å². The SMILES string of the molecule is COC(=O)CC1(C)C=CC(OC)=C(C)C1. The van der Waals surface area contributed by atoms with Crippen LogP contribution in [0.4, 0.5) is 0 Å². The van der Waals surface area contributed by atoms with Gasteiger partial charge in [-0.05, 0) is 25.0 Å². The van der Waals surface area contributed by atoms with E-state index in [1.54, 1.807) is 7.11 Å². The molecule has 1 atom stereocenters. The highest BCUT2D eigenvalue weighted by Crippen LogP contribution is 2.37. The Morgan fingerprint density at radius 2 is 2.20 bits per heavy atom. The van der Waals surface area contributed by atoms with E-state index in [-0.39, 0.29) is 11.4 Å². The monoisotopic (exact) mass is 210 g/mol. The minimum absolute atomic E-state index is 0.140. The molecule has 15 heavy (non-hydrogen) atoms. The molecule has 84 valence electrons. The molecule has 3 heteroatoms. The highest BCUT2D eigenvalue weighted by molar-refractivity contribution is 5.70. The molecular formula is C12H18O3. The van der Waals surface area contributed by atoms with Gasteiger partial charge in [0.1, 0.15) is 5.76 Å². The summed E-state index contributed by atoms with van der Waals surface area (Å²) in [4.78, 5) is 11.2. The van der Waals surface area contributed by atoms with Crippen LogP contribution in [0.25, 0.3) is 0 Å². The largest absolute Gasteiger partial charge is 0.497 e. The summed E-state index contributed by atoms with van der Waals surface area (Å²) in [5.41, 5.74) is 1.03. The molecule has 0 aromatic heterocycles. The molecule has 0 saturated carbocycles. The number of carbonyl (C=O) groups excluding carboxylic acids is 1. The van der Waals surface area contributed by atoms with Gasteiger partial charge in [-0.2, -0.15) is 0 Å². The van der Waals surface area contributed by atoms with Crippen molar-refractivity contribution < 1.29 is 14.3 Å². The number of ether oxygens (including phenoxy) is 2. The van der Waals surface area contributed by atoms with Gasteiger partial charge in [-0.15, -0.1) is 0 Å². The van der Waals surface area contributed by atoms with E-state index in [1.165, 1.54) is 12.7 Å². The van der Waals surface area contributed by atoms with Crippen LogP contribution in [0.1, 0.15) is 26.7 Å². The molecule has 0 bridgehead atoms. The quantitative estimate of drug-likeness (QED) is 0.671. The first-order valence-electron chi connectivity index (χ1n) is 5.00. The number of rotatable bonds is 3. The fraction of sp³-hybridized carbons (Fsp3) is 0.583. The van der Waals surface area contributed by atoms with Gasteiger partial charge in [-0.1, -0.05) is 13.0 Å². The van der Waals surface area contributed by atoms with E-state index in [2.05, 4.69) is 11.7 Å². The zero-order valence-electron chi connectivity index (χ0n) is 9.79. The first kappa shape index (κ1) is 11.8. The molecule has 0 aromatic carbocycles. The maximum absolute atomic E-state index is 11.2. The fourth-order valence-corrected chi connectivity index (χ4v) is 1.94. The van der Waals surface area contributed by atoms with Gasteiger partial charge < -0.3 is 9.47 Å². The minimum atomic E-state index is -0.171. The van der Waals surface area contributed by atoms with E-state index < -0.39 is 0 Å². The van der Waals surface area contributed by atoms with Crippen molar-refractivity contribution in [3.63, 3.8) is 0 Å². The molecule has 1 aliphatic carbocycles. The van der Waals surface area contributed by atoms with Crippen LogP contribution in [0.5, 0.6) is 0 Å². The molecule has 0 aromatic rings. The summed E-state index contributed by atoms with van der Waals surface area (Å²) >= 11 is 0. The first-order chi connectivity index (χ1) is 7.00. The second-order valence-electron chi connectivity index (χ2n) is 4.27. The van der Waals surface area contributed by atoms with Crippen LogP contribution in [-0.2, 0) is 14.3 Å². The lowest BCUT2D eigenvalue weighted by Gasteiger charge is -2.29. The smallest absolute Gasteiger partial charge is 0.306 e. The third kappa shape index (κ3) is 2.85. The van der Waals surface area contributed by atoms with Crippen LogP contribution in [-0.4, -0.2) is 20.2 Å². The number of hydrogen-bond acceptors (Lipinski definition) is 3. The van der Waals surface area contributed by atoms with E-state index in [1.807, 2.05) is 19.1 Å². The van der Waals surface area contributed by atoms with Gasteiger partial charge in [0.2, 0.25) is 0 Å². The predicted molar refractivity (Wildman–Crippen MR) is 58.2 cm³/mol. The Morgan fingerprint density at radius 1 is 1.53 bits per heavy atom. The summed E-state index contributed by atoms with van der Waals surface area (Å²) in [6.45, 7) is 4.08. The molecule has 0 saturated heterocycles.